The molecule has 0 aliphatic carbocycles. The zero-order chi connectivity index (χ0) is 14.6. The fourth-order valence-corrected chi connectivity index (χ4v) is 4.90. The molecule has 2 rings (SSSR count). The van der Waals surface area contributed by atoms with Crippen molar-refractivity contribution in [3.8, 4) is 0 Å². The number of sulfonamides is 1. The molecule has 20 heavy (non-hydrogen) atoms. The van der Waals surface area contributed by atoms with E-state index in [1.165, 1.54) is 15.6 Å². The zero-order valence-electron chi connectivity index (χ0n) is 11.6. The van der Waals surface area contributed by atoms with Crippen LogP contribution in [0.15, 0.2) is 16.3 Å². The van der Waals surface area contributed by atoms with Crippen molar-refractivity contribution in [1.82, 2.24) is 4.31 Å². The van der Waals surface area contributed by atoms with Gasteiger partial charge < -0.3 is 9.84 Å². The van der Waals surface area contributed by atoms with Crippen LogP contribution >= 0.6 is 11.3 Å². The number of piperidine rings is 1. The van der Waals surface area contributed by atoms with Gasteiger partial charge in [0.1, 0.15) is 0 Å². The maximum atomic E-state index is 12.5. The van der Waals surface area contributed by atoms with Gasteiger partial charge in [-0.05, 0) is 25.3 Å². The highest BCUT2D eigenvalue weighted by atomic mass is 32.2. The number of nitrogens with zero attached hydrogens (tertiary/aromatic N) is 1. The van der Waals surface area contributed by atoms with Gasteiger partial charge in [-0.2, -0.15) is 4.31 Å². The summed E-state index contributed by atoms with van der Waals surface area (Å²) >= 11 is 1.27. The van der Waals surface area contributed by atoms with Gasteiger partial charge in [0.05, 0.1) is 17.6 Å². The quantitative estimate of drug-likeness (QED) is 0.868. The lowest BCUT2D eigenvalue weighted by atomic mass is 10.1. The molecule has 1 aliphatic rings. The van der Waals surface area contributed by atoms with Gasteiger partial charge >= 0.3 is 0 Å². The Morgan fingerprint density at radius 2 is 2.35 bits per heavy atom. The fourth-order valence-electron chi connectivity index (χ4n) is 2.27. The van der Waals surface area contributed by atoms with E-state index in [2.05, 4.69) is 0 Å². The summed E-state index contributed by atoms with van der Waals surface area (Å²) in [6.45, 7) is 3.55. The minimum absolute atomic E-state index is 0.00516. The summed E-state index contributed by atoms with van der Waals surface area (Å²) < 4.78 is 32.2. The third-order valence-corrected chi connectivity index (χ3v) is 6.24. The summed E-state index contributed by atoms with van der Waals surface area (Å²) in [5, 5.41) is 10.6. The van der Waals surface area contributed by atoms with Crippen LogP contribution in [0.3, 0.4) is 0 Å². The molecule has 1 atom stereocenters. The first-order valence-corrected chi connectivity index (χ1v) is 9.20. The average Bonchev–Trinajstić information content (AvgIpc) is 2.95. The van der Waals surface area contributed by atoms with E-state index in [1.807, 2.05) is 6.92 Å². The topological polar surface area (TPSA) is 66.8 Å². The van der Waals surface area contributed by atoms with E-state index in [0.29, 0.717) is 24.6 Å². The largest absolute Gasteiger partial charge is 0.391 e. The highest BCUT2D eigenvalue weighted by molar-refractivity contribution is 7.89. The van der Waals surface area contributed by atoms with Crippen LogP contribution in [-0.2, 0) is 21.4 Å². The third-order valence-electron chi connectivity index (χ3n) is 3.32. The Labute approximate surface area is 124 Å². The molecule has 7 heteroatoms. The maximum Gasteiger partial charge on any atom is 0.243 e. The zero-order valence-corrected chi connectivity index (χ0v) is 13.3. The van der Waals surface area contributed by atoms with E-state index in [9.17, 15) is 8.42 Å². The van der Waals surface area contributed by atoms with Crippen molar-refractivity contribution in [2.24, 2.45) is 0 Å². The second-order valence-electron chi connectivity index (χ2n) is 4.90. The van der Waals surface area contributed by atoms with Crippen LogP contribution < -0.4 is 0 Å². The lowest BCUT2D eigenvalue weighted by Crippen LogP contribution is -2.43. The summed E-state index contributed by atoms with van der Waals surface area (Å²) in [6, 6.07) is 1.55. The van der Waals surface area contributed by atoms with E-state index in [0.717, 1.165) is 19.3 Å². The highest BCUT2D eigenvalue weighted by Crippen LogP contribution is 2.26. The van der Waals surface area contributed by atoms with Gasteiger partial charge in [0.15, 0.2) is 0 Å². The first-order valence-electron chi connectivity index (χ1n) is 6.88. The standard InChI is InChI=1S/C13H21NO4S2/c1-2-6-18-11-4-3-5-14(8-11)20(16,17)13-7-12(9-15)19-10-13/h7,10-11,15H,2-6,8-9H2,1H3. The van der Waals surface area contributed by atoms with Crippen molar-refractivity contribution >= 4 is 21.4 Å². The maximum absolute atomic E-state index is 12.5. The molecule has 0 amide bonds. The van der Waals surface area contributed by atoms with Gasteiger partial charge in [0.25, 0.3) is 0 Å². The van der Waals surface area contributed by atoms with Gasteiger partial charge in [-0.25, -0.2) is 8.42 Å². The second-order valence-corrected chi connectivity index (χ2v) is 7.84. The first kappa shape index (κ1) is 15.9. The Hall–Kier alpha value is -0.470. The van der Waals surface area contributed by atoms with Crippen LogP contribution in [0, 0.1) is 0 Å². The van der Waals surface area contributed by atoms with Crippen LogP contribution in [0.5, 0.6) is 0 Å². The van der Waals surface area contributed by atoms with Gasteiger partial charge in [0, 0.05) is 30.0 Å². The van der Waals surface area contributed by atoms with Crippen molar-refractivity contribution in [3.63, 3.8) is 0 Å². The van der Waals surface area contributed by atoms with Crippen molar-refractivity contribution < 1.29 is 18.3 Å². The van der Waals surface area contributed by atoms with E-state index in [1.54, 1.807) is 11.4 Å². The predicted molar refractivity (Wildman–Crippen MR) is 78.3 cm³/mol. The van der Waals surface area contributed by atoms with Crippen molar-refractivity contribution in [1.29, 1.82) is 0 Å². The molecule has 1 aromatic rings. The molecule has 5 nitrogen and oxygen atoms in total. The highest BCUT2D eigenvalue weighted by Gasteiger charge is 2.31. The molecule has 0 radical (unpaired) electrons. The Kier molecular flexibility index (Phi) is 5.57. The molecule has 0 saturated carbocycles. The minimum Gasteiger partial charge on any atom is -0.391 e. The van der Waals surface area contributed by atoms with Gasteiger partial charge in [-0.1, -0.05) is 6.92 Å². The van der Waals surface area contributed by atoms with Crippen LogP contribution in [0.25, 0.3) is 0 Å². The molecule has 0 aromatic carbocycles. The Bertz CT molecular complexity index is 526. The van der Waals surface area contributed by atoms with Gasteiger partial charge in [-0.3, -0.25) is 0 Å². The lowest BCUT2D eigenvalue weighted by molar-refractivity contribution is 0.0193. The average molecular weight is 319 g/mol. The summed E-state index contributed by atoms with van der Waals surface area (Å²) in [5.74, 6) is 0. The van der Waals surface area contributed by atoms with E-state index < -0.39 is 10.0 Å². The lowest BCUT2D eigenvalue weighted by Gasteiger charge is -2.31. The second kappa shape index (κ2) is 7.00. The molecule has 0 bridgehead atoms. The van der Waals surface area contributed by atoms with Gasteiger partial charge in [-0.15, -0.1) is 11.3 Å². The molecule has 1 saturated heterocycles. The smallest absolute Gasteiger partial charge is 0.243 e. The Morgan fingerprint density at radius 3 is 3.00 bits per heavy atom. The van der Waals surface area contributed by atoms with Crippen LogP contribution in [0.2, 0.25) is 0 Å². The van der Waals surface area contributed by atoms with Gasteiger partial charge in [0.2, 0.25) is 10.0 Å². The van der Waals surface area contributed by atoms with Crippen molar-refractivity contribution in [2.75, 3.05) is 19.7 Å². The molecule has 1 unspecified atom stereocenters. The molecule has 0 spiro atoms. The number of aliphatic hydroxyl groups excluding tert-OH is 1. The molecule has 1 N–H and O–H groups in total. The summed E-state index contributed by atoms with van der Waals surface area (Å²) in [7, 11) is -3.46. The normalized spacial score (nSPS) is 21.2. The number of thiophene rings is 1. The first-order chi connectivity index (χ1) is 9.57. The SMILES string of the molecule is CCCOC1CCCN(S(=O)(=O)c2csc(CO)c2)C1. The van der Waals surface area contributed by atoms with E-state index >= 15 is 0 Å². The van der Waals surface area contributed by atoms with Crippen LogP contribution in [0.1, 0.15) is 31.1 Å². The predicted octanol–water partition coefficient (Wildman–Crippen LogP) is 1.82. The minimum atomic E-state index is -3.46. The molecule has 1 aromatic heterocycles. The molecule has 2 heterocycles. The molecular weight excluding hydrogens is 298 g/mol. The number of hydrogen-bond acceptors (Lipinski definition) is 5. The molecule has 1 aliphatic heterocycles. The Balaban J connectivity index is 2.08. The van der Waals surface area contributed by atoms with E-state index in [4.69, 9.17) is 9.84 Å². The van der Waals surface area contributed by atoms with Crippen molar-refractivity contribution in [2.45, 2.75) is 43.8 Å². The van der Waals surface area contributed by atoms with Crippen LogP contribution in [-0.4, -0.2) is 43.6 Å². The summed E-state index contributed by atoms with van der Waals surface area (Å²) in [6.07, 6.45) is 2.67. The molecule has 114 valence electrons. The number of ether oxygens (including phenoxy) is 1. The molecular formula is C13H21NO4S2. The summed E-state index contributed by atoms with van der Waals surface area (Å²) in [4.78, 5) is 0.946. The fraction of sp³-hybridized carbons (Fsp3) is 0.692. The van der Waals surface area contributed by atoms with E-state index in [-0.39, 0.29) is 17.6 Å². The monoisotopic (exact) mass is 319 g/mol. The van der Waals surface area contributed by atoms with Crippen molar-refractivity contribution in [3.05, 3.63) is 16.3 Å². The number of aliphatic hydroxyl groups is 1. The van der Waals surface area contributed by atoms with Crippen LogP contribution in [0.4, 0.5) is 0 Å². The Morgan fingerprint density at radius 1 is 1.55 bits per heavy atom. The summed E-state index contributed by atoms with van der Waals surface area (Å²) in [5.41, 5.74) is 0. The number of hydrogen-bond donors (Lipinski definition) is 1. The molecule has 1 fully saturated rings. The number of rotatable bonds is 6. The third kappa shape index (κ3) is 3.59.